The molecule has 0 saturated heterocycles. The van der Waals surface area contributed by atoms with Gasteiger partial charge in [-0.15, -0.1) is 0 Å². The Morgan fingerprint density at radius 2 is 1.84 bits per heavy atom. The maximum atomic E-state index is 3.97. The van der Waals surface area contributed by atoms with Crippen LogP contribution in [0.4, 0.5) is 0 Å². The molecule has 0 heterocycles. The number of halogens is 1. The van der Waals surface area contributed by atoms with E-state index in [9.17, 15) is 0 Å². The first-order valence-corrected chi connectivity index (χ1v) is 8.45. The fourth-order valence-electron chi connectivity index (χ4n) is 3.75. The number of hydrogen-bond acceptors (Lipinski definition) is 0. The maximum Gasteiger partial charge on any atom is 0.0184 e. The van der Waals surface area contributed by atoms with E-state index < -0.39 is 0 Å². The Labute approximate surface area is 127 Å². The SMILES string of the molecule is Cc1ccc(C)c(C(C)(C)C2CCC(C)CC2Br)c1. The van der Waals surface area contributed by atoms with E-state index >= 15 is 0 Å². The highest BCUT2D eigenvalue weighted by molar-refractivity contribution is 9.09. The number of aryl methyl sites for hydroxylation is 2. The molecule has 1 fully saturated rings. The summed E-state index contributed by atoms with van der Waals surface area (Å²) >= 11 is 3.97. The monoisotopic (exact) mass is 322 g/mol. The van der Waals surface area contributed by atoms with Crippen LogP contribution in [0.3, 0.4) is 0 Å². The number of alkyl halides is 1. The lowest BCUT2D eigenvalue weighted by Crippen LogP contribution is -2.39. The van der Waals surface area contributed by atoms with Crippen molar-refractivity contribution >= 4 is 15.9 Å². The molecule has 0 N–H and O–H groups in total. The molecule has 1 saturated carbocycles. The van der Waals surface area contributed by atoms with Gasteiger partial charge in [-0.05, 0) is 55.1 Å². The van der Waals surface area contributed by atoms with Gasteiger partial charge in [-0.1, -0.05) is 66.9 Å². The van der Waals surface area contributed by atoms with Gasteiger partial charge in [0, 0.05) is 4.83 Å². The molecular formula is C18H27Br. The largest absolute Gasteiger partial charge is 0.0887 e. The lowest BCUT2D eigenvalue weighted by atomic mass is 9.65. The Morgan fingerprint density at radius 1 is 1.16 bits per heavy atom. The second-order valence-corrected chi connectivity index (χ2v) is 8.26. The molecule has 1 aliphatic carbocycles. The smallest absolute Gasteiger partial charge is 0.0184 e. The summed E-state index contributed by atoms with van der Waals surface area (Å²) in [6.07, 6.45) is 4.04. The zero-order valence-electron chi connectivity index (χ0n) is 13.0. The molecule has 0 nitrogen and oxygen atoms in total. The highest BCUT2D eigenvalue weighted by atomic mass is 79.9. The molecule has 106 valence electrons. The maximum absolute atomic E-state index is 3.97. The normalized spacial score (nSPS) is 28.4. The topological polar surface area (TPSA) is 0 Å². The third kappa shape index (κ3) is 3.07. The Kier molecular flexibility index (Phi) is 4.45. The minimum absolute atomic E-state index is 0.254. The minimum Gasteiger partial charge on any atom is -0.0887 e. The average Bonchev–Trinajstić information content (AvgIpc) is 2.31. The van der Waals surface area contributed by atoms with Crippen molar-refractivity contribution in [2.24, 2.45) is 11.8 Å². The molecule has 0 amide bonds. The van der Waals surface area contributed by atoms with E-state index in [1.165, 1.54) is 36.0 Å². The van der Waals surface area contributed by atoms with E-state index in [1.807, 2.05) is 0 Å². The second kappa shape index (κ2) is 5.60. The first kappa shape index (κ1) is 15.1. The van der Waals surface area contributed by atoms with Crippen LogP contribution in [-0.4, -0.2) is 4.83 Å². The molecule has 1 heteroatoms. The molecule has 3 unspecified atom stereocenters. The van der Waals surface area contributed by atoms with Gasteiger partial charge in [-0.25, -0.2) is 0 Å². The fourth-order valence-corrected chi connectivity index (χ4v) is 5.32. The Morgan fingerprint density at radius 3 is 2.47 bits per heavy atom. The van der Waals surface area contributed by atoms with Gasteiger partial charge in [-0.3, -0.25) is 0 Å². The van der Waals surface area contributed by atoms with E-state index in [-0.39, 0.29) is 5.41 Å². The van der Waals surface area contributed by atoms with Crippen LogP contribution in [-0.2, 0) is 5.41 Å². The minimum atomic E-state index is 0.254. The van der Waals surface area contributed by atoms with Gasteiger partial charge < -0.3 is 0 Å². The zero-order valence-corrected chi connectivity index (χ0v) is 14.5. The van der Waals surface area contributed by atoms with Crippen LogP contribution < -0.4 is 0 Å². The molecule has 3 atom stereocenters. The summed E-state index contributed by atoms with van der Waals surface area (Å²) in [6.45, 7) is 11.7. The molecular weight excluding hydrogens is 296 g/mol. The highest BCUT2D eigenvalue weighted by Gasteiger charge is 2.39. The lowest BCUT2D eigenvalue weighted by molar-refractivity contribution is 0.213. The molecule has 19 heavy (non-hydrogen) atoms. The predicted octanol–water partition coefficient (Wildman–Crippen LogP) is 5.78. The van der Waals surface area contributed by atoms with Crippen molar-refractivity contribution in [2.75, 3.05) is 0 Å². The zero-order chi connectivity index (χ0) is 14.2. The van der Waals surface area contributed by atoms with E-state index in [0.29, 0.717) is 4.83 Å². The van der Waals surface area contributed by atoms with Gasteiger partial charge >= 0.3 is 0 Å². The van der Waals surface area contributed by atoms with Crippen LogP contribution in [0.2, 0.25) is 0 Å². The first-order valence-electron chi connectivity index (χ1n) is 7.54. The summed E-state index contributed by atoms with van der Waals surface area (Å²) in [5.41, 5.74) is 4.61. The van der Waals surface area contributed by atoms with Crippen LogP contribution >= 0.6 is 15.9 Å². The van der Waals surface area contributed by atoms with E-state index in [0.717, 1.165) is 11.8 Å². The lowest BCUT2D eigenvalue weighted by Gasteiger charge is -2.43. The molecule has 0 aromatic heterocycles. The van der Waals surface area contributed by atoms with Crippen molar-refractivity contribution in [3.63, 3.8) is 0 Å². The number of benzene rings is 1. The van der Waals surface area contributed by atoms with Crippen molar-refractivity contribution in [3.8, 4) is 0 Å². The molecule has 1 aromatic rings. The quantitative estimate of drug-likeness (QED) is 0.605. The van der Waals surface area contributed by atoms with Crippen LogP contribution in [0.5, 0.6) is 0 Å². The molecule has 0 spiro atoms. The van der Waals surface area contributed by atoms with Gasteiger partial charge in [0.1, 0.15) is 0 Å². The third-order valence-corrected chi connectivity index (χ3v) is 6.06. The summed E-state index contributed by atoms with van der Waals surface area (Å²) in [7, 11) is 0. The summed E-state index contributed by atoms with van der Waals surface area (Å²) in [6, 6.07) is 6.90. The van der Waals surface area contributed by atoms with Gasteiger partial charge in [0.25, 0.3) is 0 Å². The summed E-state index contributed by atoms with van der Waals surface area (Å²) < 4.78 is 0. The van der Waals surface area contributed by atoms with Crippen molar-refractivity contribution < 1.29 is 0 Å². The molecule has 1 aliphatic rings. The van der Waals surface area contributed by atoms with Crippen LogP contribution in [0, 0.1) is 25.7 Å². The van der Waals surface area contributed by atoms with E-state index in [2.05, 4.69) is 68.7 Å². The summed E-state index contributed by atoms with van der Waals surface area (Å²) in [4.78, 5) is 0.658. The first-order chi connectivity index (χ1) is 8.82. The number of hydrogen-bond donors (Lipinski definition) is 0. The van der Waals surface area contributed by atoms with Crippen molar-refractivity contribution in [1.29, 1.82) is 0 Å². The van der Waals surface area contributed by atoms with Crippen molar-refractivity contribution in [3.05, 3.63) is 34.9 Å². The summed E-state index contributed by atoms with van der Waals surface area (Å²) in [5, 5.41) is 0. The second-order valence-electron chi connectivity index (χ2n) is 7.08. The van der Waals surface area contributed by atoms with E-state index in [4.69, 9.17) is 0 Å². The molecule has 1 aromatic carbocycles. The fraction of sp³-hybridized carbons (Fsp3) is 0.667. The van der Waals surface area contributed by atoms with Gasteiger partial charge in [0.05, 0.1) is 0 Å². The van der Waals surface area contributed by atoms with Gasteiger partial charge in [0.15, 0.2) is 0 Å². The van der Waals surface area contributed by atoms with Crippen LogP contribution in [0.15, 0.2) is 18.2 Å². The molecule has 0 radical (unpaired) electrons. The summed E-state index contributed by atoms with van der Waals surface area (Å²) in [5.74, 6) is 1.61. The molecule has 0 aliphatic heterocycles. The highest BCUT2D eigenvalue weighted by Crippen LogP contribution is 2.46. The Balaban J connectivity index is 2.33. The van der Waals surface area contributed by atoms with Gasteiger partial charge in [0.2, 0.25) is 0 Å². The Hall–Kier alpha value is -0.300. The van der Waals surface area contributed by atoms with E-state index in [1.54, 1.807) is 0 Å². The number of rotatable bonds is 2. The van der Waals surface area contributed by atoms with Crippen molar-refractivity contribution in [2.45, 2.75) is 64.1 Å². The standard InChI is InChI=1S/C18H27Br/c1-12-6-8-14(3)16(10-12)18(4,5)15-9-7-13(2)11-17(15)19/h6,8,10,13,15,17H,7,9,11H2,1-5H3. The Bertz CT molecular complexity index is 447. The molecule has 0 bridgehead atoms. The third-order valence-electron chi connectivity index (χ3n) is 5.05. The average molecular weight is 323 g/mol. The van der Waals surface area contributed by atoms with Crippen LogP contribution in [0.1, 0.15) is 56.7 Å². The van der Waals surface area contributed by atoms with Crippen molar-refractivity contribution in [1.82, 2.24) is 0 Å². The molecule has 2 rings (SSSR count). The van der Waals surface area contributed by atoms with Crippen LogP contribution in [0.25, 0.3) is 0 Å². The predicted molar refractivity (Wildman–Crippen MR) is 88.2 cm³/mol. The van der Waals surface area contributed by atoms with Gasteiger partial charge in [-0.2, -0.15) is 0 Å².